The number of rotatable bonds is 8. The topological polar surface area (TPSA) is 146 Å². The number of hydrogen-bond acceptors (Lipinski definition) is 10. The summed E-state index contributed by atoms with van der Waals surface area (Å²) < 4.78 is 33.5. The summed E-state index contributed by atoms with van der Waals surface area (Å²) in [4.78, 5) is 26.2. The molecule has 11 nitrogen and oxygen atoms in total. The molecular formula is C33H35NO10. The van der Waals surface area contributed by atoms with E-state index in [9.17, 15) is 19.8 Å². The Morgan fingerprint density at radius 1 is 0.909 bits per heavy atom. The number of aliphatic hydroxyl groups is 2. The van der Waals surface area contributed by atoms with E-state index in [1.807, 2.05) is 24.3 Å². The number of aliphatic hydroxyl groups excluding tert-OH is 2. The summed E-state index contributed by atoms with van der Waals surface area (Å²) >= 11 is 0. The second kappa shape index (κ2) is 12.3. The lowest BCUT2D eigenvalue weighted by Crippen LogP contribution is -2.63. The predicted octanol–water partition coefficient (Wildman–Crippen LogP) is 4.29. The maximum atomic E-state index is 13.2. The molecule has 1 saturated heterocycles. The molecule has 1 amide bonds. The average Bonchev–Trinajstić information content (AvgIpc) is 3.01. The average molecular weight is 606 g/mol. The summed E-state index contributed by atoms with van der Waals surface area (Å²) in [6.07, 6.45) is -4.62. The van der Waals surface area contributed by atoms with Gasteiger partial charge in [-0.2, -0.15) is 0 Å². The Morgan fingerprint density at radius 2 is 1.61 bits per heavy atom. The van der Waals surface area contributed by atoms with Crippen molar-refractivity contribution in [3.63, 3.8) is 0 Å². The number of anilines is 1. The van der Waals surface area contributed by atoms with E-state index < -0.39 is 41.7 Å². The molecule has 11 heteroatoms. The highest BCUT2D eigenvalue weighted by Gasteiger charge is 2.50. The third-order valence-electron chi connectivity index (χ3n) is 7.75. The summed E-state index contributed by atoms with van der Waals surface area (Å²) in [5.41, 5.74) is 0.758. The van der Waals surface area contributed by atoms with Crippen molar-refractivity contribution in [3.05, 3.63) is 82.2 Å². The molecule has 1 aliphatic rings. The molecular weight excluding hydrogens is 570 g/mol. The van der Waals surface area contributed by atoms with Gasteiger partial charge in [-0.05, 0) is 74.9 Å². The van der Waals surface area contributed by atoms with Gasteiger partial charge in [0.1, 0.15) is 46.8 Å². The van der Waals surface area contributed by atoms with E-state index in [0.29, 0.717) is 33.6 Å². The van der Waals surface area contributed by atoms with E-state index in [2.05, 4.69) is 5.32 Å². The van der Waals surface area contributed by atoms with Crippen molar-refractivity contribution < 1.29 is 43.1 Å². The number of carbonyl (C=O) groups is 1. The van der Waals surface area contributed by atoms with Crippen molar-refractivity contribution in [1.82, 2.24) is 0 Å². The lowest BCUT2D eigenvalue weighted by atomic mass is 9.89. The highest BCUT2D eigenvalue weighted by atomic mass is 16.7. The van der Waals surface area contributed by atoms with Crippen molar-refractivity contribution in [1.29, 1.82) is 0 Å². The van der Waals surface area contributed by atoms with Gasteiger partial charge in [-0.25, -0.2) is 4.79 Å². The molecule has 0 aliphatic carbocycles. The van der Waals surface area contributed by atoms with Gasteiger partial charge >= 0.3 is 5.63 Å². The number of nitrogens with one attached hydrogen (secondary N) is 1. The Hall–Kier alpha value is -4.42. The lowest BCUT2D eigenvalue weighted by molar-refractivity contribution is -0.306. The Morgan fingerprint density at radius 3 is 2.27 bits per heavy atom. The van der Waals surface area contributed by atoms with Crippen LogP contribution in [0.2, 0.25) is 0 Å². The third-order valence-corrected chi connectivity index (χ3v) is 7.75. The first-order chi connectivity index (χ1) is 21.0. The van der Waals surface area contributed by atoms with Crippen LogP contribution in [0.1, 0.15) is 29.8 Å². The van der Waals surface area contributed by atoms with Crippen LogP contribution in [0.15, 0.2) is 69.9 Å². The second-order valence-corrected chi connectivity index (χ2v) is 11.0. The molecule has 0 saturated carbocycles. The highest BCUT2D eigenvalue weighted by Crippen LogP contribution is 2.36. The second-order valence-electron chi connectivity index (χ2n) is 11.0. The maximum absolute atomic E-state index is 13.2. The fraction of sp³-hybridized carbons (Fsp3) is 0.333. The fourth-order valence-corrected chi connectivity index (χ4v) is 5.39. The zero-order valence-electron chi connectivity index (χ0n) is 25.2. The fourth-order valence-electron chi connectivity index (χ4n) is 5.39. The van der Waals surface area contributed by atoms with E-state index in [0.717, 1.165) is 5.56 Å². The molecule has 232 valence electrons. The summed E-state index contributed by atoms with van der Waals surface area (Å²) in [6.45, 7) is 5.13. The largest absolute Gasteiger partial charge is 0.497 e. The van der Waals surface area contributed by atoms with Crippen LogP contribution in [0.4, 0.5) is 5.69 Å². The molecule has 5 rings (SSSR count). The summed E-state index contributed by atoms with van der Waals surface area (Å²) in [7, 11) is 4.56. The van der Waals surface area contributed by atoms with Crippen molar-refractivity contribution in [2.24, 2.45) is 0 Å². The molecule has 1 aliphatic heterocycles. The minimum absolute atomic E-state index is 0.0427. The van der Waals surface area contributed by atoms with Crippen LogP contribution in [0.5, 0.6) is 17.2 Å². The van der Waals surface area contributed by atoms with Crippen molar-refractivity contribution in [3.8, 4) is 28.4 Å². The molecule has 1 aromatic heterocycles. The van der Waals surface area contributed by atoms with Gasteiger partial charge in [0.25, 0.3) is 5.91 Å². The number of aryl methyl sites for hydroxylation is 1. The van der Waals surface area contributed by atoms with Gasteiger partial charge in [-0.15, -0.1) is 0 Å². The number of hydrogen-bond donors (Lipinski definition) is 3. The molecule has 2 heterocycles. The number of carbonyl (C=O) groups excluding carboxylic acids is 1. The van der Waals surface area contributed by atoms with Gasteiger partial charge in [0.15, 0.2) is 0 Å². The summed E-state index contributed by atoms with van der Waals surface area (Å²) in [5.74, 6) is 1.05. The van der Waals surface area contributed by atoms with Crippen LogP contribution in [0.3, 0.4) is 0 Å². The minimum atomic E-state index is -1.39. The number of fused-ring (bicyclic) bond motifs is 1. The van der Waals surface area contributed by atoms with E-state index in [-0.39, 0.29) is 17.0 Å². The molecule has 4 aromatic rings. The maximum Gasteiger partial charge on any atom is 0.360 e. The van der Waals surface area contributed by atoms with E-state index in [1.165, 1.54) is 13.2 Å². The zero-order chi connectivity index (χ0) is 31.8. The number of ether oxygens (including phenoxy) is 5. The SMILES string of the molecule is COc1ccc(-c2cc(C(=O)Nc3cc4ccc(O[C@@H]5OC(C)(C)[C@H](OC)[C@@H](O)[C@@H]5O)c(C)c4oc3=O)ccc2OC)cc1. The molecule has 0 unspecified atom stereocenters. The number of methoxy groups -OCH3 is 3. The van der Waals surface area contributed by atoms with Crippen LogP contribution >= 0.6 is 0 Å². The van der Waals surface area contributed by atoms with Crippen LogP contribution < -0.4 is 25.2 Å². The molecule has 44 heavy (non-hydrogen) atoms. The Kier molecular flexibility index (Phi) is 8.66. The quantitative estimate of drug-likeness (QED) is 0.249. The van der Waals surface area contributed by atoms with Crippen LogP contribution in [0, 0.1) is 6.92 Å². The Balaban J connectivity index is 1.39. The first-order valence-electron chi connectivity index (χ1n) is 13.9. The van der Waals surface area contributed by atoms with Gasteiger partial charge in [0, 0.05) is 29.2 Å². The number of benzene rings is 3. The Labute approximate surface area is 253 Å². The van der Waals surface area contributed by atoms with E-state index >= 15 is 0 Å². The molecule has 3 N–H and O–H groups in total. The molecule has 3 aromatic carbocycles. The molecule has 0 bridgehead atoms. The molecule has 1 fully saturated rings. The zero-order valence-corrected chi connectivity index (χ0v) is 25.2. The van der Waals surface area contributed by atoms with Crippen LogP contribution in [-0.2, 0) is 9.47 Å². The molecule has 4 atom stereocenters. The normalized spacial score (nSPS) is 21.1. The van der Waals surface area contributed by atoms with Crippen molar-refractivity contribution >= 4 is 22.6 Å². The number of amides is 1. The van der Waals surface area contributed by atoms with Gasteiger partial charge < -0.3 is 43.6 Å². The van der Waals surface area contributed by atoms with Crippen LogP contribution in [0.25, 0.3) is 22.1 Å². The van der Waals surface area contributed by atoms with Gasteiger partial charge in [-0.3, -0.25) is 4.79 Å². The van der Waals surface area contributed by atoms with E-state index in [4.69, 9.17) is 28.1 Å². The monoisotopic (exact) mass is 605 g/mol. The van der Waals surface area contributed by atoms with Crippen molar-refractivity contribution in [2.75, 3.05) is 26.6 Å². The Bertz CT molecular complexity index is 1730. The van der Waals surface area contributed by atoms with Crippen molar-refractivity contribution in [2.45, 2.75) is 51.0 Å². The highest BCUT2D eigenvalue weighted by molar-refractivity contribution is 6.05. The van der Waals surface area contributed by atoms with Gasteiger partial charge in [0.2, 0.25) is 6.29 Å². The smallest absolute Gasteiger partial charge is 0.360 e. The molecule has 0 spiro atoms. The van der Waals surface area contributed by atoms with Gasteiger partial charge in [-0.1, -0.05) is 12.1 Å². The standard InChI is InChI=1S/C33H35NO10/c1-17-24(42-32-27(36)26(35)29(41-6)33(2,3)44-32)13-9-19-16-23(31(38)43-28(17)19)34-30(37)20-10-14-25(40-5)22(15-20)18-7-11-21(39-4)12-8-18/h7-16,26-27,29,32,35-36H,1-6H3,(H,34,37)/t26-,27-,29+,32+/m0/s1. The van der Waals surface area contributed by atoms with Gasteiger partial charge in [0.05, 0.1) is 19.8 Å². The third kappa shape index (κ3) is 5.87. The van der Waals surface area contributed by atoms with E-state index in [1.54, 1.807) is 65.3 Å². The molecule has 0 radical (unpaired) electrons. The summed E-state index contributed by atoms with van der Waals surface area (Å²) in [6, 6.07) is 17.1. The minimum Gasteiger partial charge on any atom is -0.497 e. The first kappa shape index (κ1) is 31.0. The first-order valence-corrected chi connectivity index (χ1v) is 13.9. The predicted molar refractivity (Wildman–Crippen MR) is 163 cm³/mol. The van der Waals surface area contributed by atoms with Crippen LogP contribution in [-0.4, -0.2) is 67.7 Å². The lowest BCUT2D eigenvalue weighted by Gasteiger charge is -2.46. The summed E-state index contributed by atoms with van der Waals surface area (Å²) in [5, 5.41) is 24.4.